The number of hydrogen-bond donors (Lipinski definition) is 2. The second-order valence-electron chi connectivity index (χ2n) is 8.53. The Morgan fingerprint density at radius 3 is 2.00 bits per heavy atom. The lowest BCUT2D eigenvalue weighted by Crippen LogP contribution is -3.23. The van der Waals surface area contributed by atoms with Crippen LogP contribution in [0.2, 0.25) is 0 Å². The maximum atomic E-state index is 13.5. The molecule has 1 aliphatic heterocycles. The van der Waals surface area contributed by atoms with Crippen molar-refractivity contribution >= 4 is 5.91 Å². The van der Waals surface area contributed by atoms with Crippen LogP contribution in [0.3, 0.4) is 0 Å². The van der Waals surface area contributed by atoms with E-state index in [0.29, 0.717) is 0 Å². The van der Waals surface area contributed by atoms with Crippen LogP contribution in [0.1, 0.15) is 49.1 Å². The molecule has 0 bridgehead atoms. The molecule has 0 atom stereocenters. The number of ether oxygens (including phenoxy) is 1. The molecule has 154 valence electrons. The average molecular weight is 394 g/mol. The van der Waals surface area contributed by atoms with Gasteiger partial charge in [0, 0.05) is 12.8 Å². The molecule has 2 aromatic carbocycles. The molecular weight excluding hydrogens is 360 g/mol. The molecule has 1 saturated heterocycles. The maximum absolute atomic E-state index is 13.5. The second-order valence-corrected chi connectivity index (χ2v) is 8.53. The molecule has 4 heteroatoms. The standard InChI is InChI=1S/C25H32N2O2/c28-24(23(21-10-4-1-5-11-21)22-12-6-2-7-13-22)26-20-25(14-8-3-9-15-25)27-16-18-29-19-17-27/h1-2,4-7,10-13,23H,3,8-9,14-20H2,(H,26,28)/p+1. The highest BCUT2D eigenvalue weighted by molar-refractivity contribution is 5.87. The molecule has 2 fully saturated rings. The van der Waals surface area contributed by atoms with Crippen molar-refractivity contribution in [2.75, 3.05) is 32.8 Å². The van der Waals surface area contributed by atoms with E-state index in [-0.39, 0.29) is 17.4 Å². The number of hydrogen-bond acceptors (Lipinski definition) is 2. The molecule has 0 unspecified atom stereocenters. The SMILES string of the molecule is O=C(NCC1([NH+]2CCOCC2)CCCCC1)C(c1ccccc1)c1ccccc1. The Bertz CT molecular complexity index is 726. The van der Waals surface area contributed by atoms with Crippen molar-refractivity contribution in [2.45, 2.75) is 43.6 Å². The van der Waals surface area contributed by atoms with Crippen molar-refractivity contribution < 1.29 is 14.4 Å². The van der Waals surface area contributed by atoms with Crippen molar-refractivity contribution in [3.63, 3.8) is 0 Å². The first-order valence-corrected chi connectivity index (χ1v) is 11.1. The number of carbonyl (C=O) groups excluding carboxylic acids is 1. The van der Waals surface area contributed by atoms with Crippen LogP contribution >= 0.6 is 0 Å². The minimum absolute atomic E-state index is 0.111. The molecule has 0 radical (unpaired) electrons. The molecular formula is C25H33N2O2+. The fourth-order valence-electron chi connectivity index (χ4n) is 5.18. The van der Waals surface area contributed by atoms with Crippen molar-refractivity contribution in [2.24, 2.45) is 0 Å². The van der Waals surface area contributed by atoms with E-state index in [0.717, 1.165) is 44.0 Å². The van der Waals surface area contributed by atoms with Gasteiger partial charge in [-0.25, -0.2) is 0 Å². The van der Waals surface area contributed by atoms with Gasteiger partial charge >= 0.3 is 0 Å². The third kappa shape index (κ3) is 4.71. The highest BCUT2D eigenvalue weighted by Gasteiger charge is 2.43. The molecule has 4 rings (SSSR count). The third-order valence-electron chi connectivity index (χ3n) is 6.79. The van der Waals surface area contributed by atoms with Gasteiger partial charge in [-0.3, -0.25) is 4.79 Å². The monoisotopic (exact) mass is 393 g/mol. The van der Waals surface area contributed by atoms with E-state index in [1.165, 1.54) is 32.1 Å². The summed E-state index contributed by atoms with van der Waals surface area (Å²) in [4.78, 5) is 15.1. The molecule has 2 aliphatic rings. The van der Waals surface area contributed by atoms with Crippen molar-refractivity contribution in [3.05, 3.63) is 71.8 Å². The van der Waals surface area contributed by atoms with Crippen LogP contribution in [0, 0.1) is 0 Å². The predicted octanol–water partition coefficient (Wildman–Crippen LogP) is 2.55. The molecule has 1 saturated carbocycles. The van der Waals surface area contributed by atoms with Gasteiger partial charge in [0.25, 0.3) is 0 Å². The first-order chi connectivity index (χ1) is 14.3. The van der Waals surface area contributed by atoms with E-state index in [1.807, 2.05) is 36.4 Å². The van der Waals surface area contributed by atoms with Gasteiger partial charge in [-0.1, -0.05) is 67.1 Å². The van der Waals surface area contributed by atoms with Gasteiger partial charge in [-0.15, -0.1) is 0 Å². The quantitative estimate of drug-likeness (QED) is 0.792. The van der Waals surface area contributed by atoms with E-state index in [1.54, 1.807) is 4.90 Å². The second kappa shape index (κ2) is 9.55. The Morgan fingerprint density at radius 1 is 0.897 bits per heavy atom. The number of quaternary nitrogens is 1. The van der Waals surface area contributed by atoms with Crippen LogP contribution in [0.15, 0.2) is 60.7 Å². The van der Waals surface area contributed by atoms with Crippen LogP contribution in [0.25, 0.3) is 0 Å². The van der Waals surface area contributed by atoms with Gasteiger partial charge in [0.05, 0.1) is 25.7 Å². The third-order valence-corrected chi connectivity index (χ3v) is 6.79. The summed E-state index contributed by atoms with van der Waals surface area (Å²) in [5.74, 6) is -0.155. The predicted molar refractivity (Wildman–Crippen MR) is 115 cm³/mol. The van der Waals surface area contributed by atoms with E-state index in [2.05, 4.69) is 29.6 Å². The van der Waals surface area contributed by atoms with Crippen LogP contribution in [-0.2, 0) is 9.53 Å². The summed E-state index contributed by atoms with van der Waals surface area (Å²) in [5.41, 5.74) is 2.26. The van der Waals surface area contributed by atoms with E-state index >= 15 is 0 Å². The molecule has 1 aliphatic carbocycles. The molecule has 2 N–H and O–H groups in total. The van der Waals surface area contributed by atoms with Gasteiger partial charge in [0.1, 0.15) is 18.6 Å². The minimum Gasteiger partial charge on any atom is -0.370 e. The summed E-state index contributed by atoms with van der Waals surface area (Å²) < 4.78 is 5.61. The Balaban J connectivity index is 1.53. The van der Waals surface area contributed by atoms with Crippen LogP contribution in [0.5, 0.6) is 0 Å². The zero-order valence-electron chi connectivity index (χ0n) is 17.2. The summed E-state index contributed by atoms with van der Waals surface area (Å²) in [6, 6.07) is 20.3. The number of amides is 1. The van der Waals surface area contributed by atoms with Gasteiger partial charge < -0.3 is 15.0 Å². The van der Waals surface area contributed by atoms with Gasteiger partial charge in [-0.05, 0) is 24.0 Å². The van der Waals surface area contributed by atoms with Crippen LogP contribution < -0.4 is 10.2 Å². The minimum atomic E-state index is -0.266. The zero-order valence-corrected chi connectivity index (χ0v) is 17.2. The molecule has 0 spiro atoms. The lowest BCUT2D eigenvalue weighted by atomic mass is 9.79. The fraction of sp³-hybridized carbons (Fsp3) is 0.480. The van der Waals surface area contributed by atoms with E-state index in [4.69, 9.17) is 4.74 Å². The summed E-state index contributed by atoms with van der Waals surface area (Å²) in [6.07, 6.45) is 6.24. The fourth-order valence-corrected chi connectivity index (χ4v) is 5.18. The smallest absolute Gasteiger partial charge is 0.232 e. The lowest BCUT2D eigenvalue weighted by Gasteiger charge is -2.45. The Hall–Kier alpha value is -2.17. The molecule has 29 heavy (non-hydrogen) atoms. The number of rotatable bonds is 6. The highest BCUT2D eigenvalue weighted by Crippen LogP contribution is 2.28. The van der Waals surface area contributed by atoms with Crippen LogP contribution in [0.4, 0.5) is 0 Å². The van der Waals surface area contributed by atoms with Crippen LogP contribution in [-0.4, -0.2) is 44.3 Å². The summed E-state index contributed by atoms with van der Waals surface area (Å²) >= 11 is 0. The van der Waals surface area contributed by atoms with E-state index < -0.39 is 0 Å². The highest BCUT2D eigenvalue weighted by atomic mass is 16.5. The Labute approximate surface area is 174 Å². The molecule has 1 amide bonds. The van der Waals surface area contributed by atoms with Crippen molar-refractivity contribution in [3.8, 4) is 0 Å². The number of morpholine rings is 1. The number of benzene rings is 2. The topological polar surface area (TPSA) is 42.8 Å². The molecule has 4 nitrogen and oxygen atoms in total. The first-order valence-electron chi connectivity index (χ1n) is 11.1. The number of nitrogens with one attached hydrogen (secondary N) is 2. The van der Waals surface area contributed by atoms with Crippen molar-refractivity contribution in [1.82, 2.24) is 5.32 Å². The maximum Gasteiger partial charge on any atom is 0.232 e. The van der Waals surface area contributed by atoms with Gasteiger partial charge in [-0.2, -0.15) is 0 Å². The summed E-state index contributed by atoms with van der Waals surface area (Å²) in [7, 11) is 0. The average Bonchev–Trinajstić information content (AvgIpc) is 2.81. The normalized spacial score (nSPS) is 19.8. The Morgan fingerprint density at radius 2 is 1.45 bits per heavy atom. The number of carbonyl (C=O) groups is 1. The molecule has 1 heterocycles. The van der Waals surface area contributed by atoms with E-state index in [9.17, 15) is 4.79 Å². The molecule has 0 aromatic heterocycles. The van der Waals surface area contributed by atoms with Gasteiger partial charge in [0.2, 0.25) is 5.91 Å². The Kier molecular flexibility index (Phi) is 6.63. The van der Waals surface area contributed by atoms with Crippen molar-refractivity contribution in [1.29, 1.82) is 0 Å². The summed E-state index contributed by atoms with van der Waals surface area (Å²) in [5, 5.41) is 3.39. The zero-order chi connectivity index (χ0) is 19.9. The summed E-state index contributed by atoms with van der Waals surface area (Å²) in [6.45, 7) is 4.54. The largest absolute Gasteiger partial charge is 0.370 e. The lowest BCUT2D eigenvalue weighted by molar-refractivity contribution is -0.960. The van der Waals surface area contributed by atoms with Gasteiger partial charge in [0.15, 0.2) is 0 Å². The first kappa shape index (κ1) is 20.1. The molecule has 2 aromatic rings.